The number of rotatable bonds is 12. The summed E-state index contributed by atoms with van der Waals surface area (Å²) >= 11 is 0. The summed E-state index contributed by atoms with van der Waals surface area (Å²) in [6.45, 7) is 11.3. The molecule has 39 heavy (non-hydrogen) atoms. The van der Waals surface area contributed by atoms with Crippen LogP contribution in [0.5, 0.6) is 0 Å². The van der Waals surface area contributed by atoms with Crippen molar-refractivity contribution in [1.29, 1.82) is 0 Å². The van der Waals surface area contributed by atoms with Crippen molar-refractivity contribution in [2.24, 2.45) is 11.1 Å². The molecule has 1 aliphatic heterocycles. The molecule has 2 heterocycles. The number of sulfonamides is 1. The fourth-order valence-electron chi connectivity index (χ4n) is 4.31. The van der Waals surface area contributed by atoms with Gasteiger partial charge in [-0.15, -0.1) is 4.72 Å². The van der Waals surface area contributed by atoms with Gasteiger partial charge >= 0.3 is 5.97 Å². The standard InChI is InChI=1S/C29H40N4O5S/c1-20-12-14-25(15-13-20)39(35,36)32-27(21(2)9-7-11-29(34)37-6)18-30-38-23(4)19-33-16-8-10-26-28(33)17-22(3)24(5)31-26/h7,9,12-15,17-18,21,23,27H,8,10-11,16,19H2,1-6H3,(H-,32,35,36)/t21-,23-,27-/m1/s1. The maximum absolute atomic E-state index is 13.1. The van der Waals surface area contributed by atoms with Gasteiger partial charge in [0.05, 0.1) is 43.7 Å². The minimum Gasteiger partial charge on any atom is -0.593 e. The van der Waals surface area contributed by atoms with E-state index in [1.165, 1.54) is 13.3 Å². The molecule has 0 saturated heterocycles. The number of hydrogen-bond acceptors (Lipinski definition) is 8. The van der Waals surface area contributed by atoms with Crippen molar-refractivity contribution >= 4 is 28.3 Å². The predicted molar refractivity (Wildman–Crippen MR) is 153 cm³/mol. The summed E-state index contributed by atoms with van der Waals surface area (Å²) in [7, 11) is -2.50. The molecular formula is C29H40N4O5S. The lowest BCUT2D eigenvalue weighted by molar-refractivity contribution is -0.139. The fourth-order valence-corrected chi connectivity index (χ4v) is 5.58. The number of nitrogens with zero attached hydrogens (tertiary/aromatic N) is 3. The van der Waals surface area contributed by atoms with Crippen LogP contribution in [0.3, 0.4) is 0 Å². The van der Waals surface area contributed by atoms with E-state index in [1.54, 1.807) is 36.4 Å². The Morgan fingerprint density at radius 1 is 1.26 bits per heavy atom. The van der Waals surface area contributed by atoms with E-state index in [1.807, 2.05) is 27.7 Å². The Bertz CT molecular complexity index is 1230. The highest BCUT2D eigenvalue weighted by atomic mass is 32.3. The van der Waals surface area contributed by atoms with Crippen LogP contribution < -0.4 is 9.62 Å². The topological polar surface area (TPSA) is 116 Å². The third kappa shape index (κ3) is 8.71. The van der Waals surface area contributed by atoms with E-state index < -0.39 is 16.4 Å². The van der Waals surface area contributed by atoms with Gasteiger partial charge in [0.1, 0.15) is 6.10 Å². The molecule has 1 aliphatic rings. The summed E-state index contributed by atoms with van der Waals surface area (Å²) in [5, 5.41) is 4.18. The van der Waals surface area contributed by atoms with Crippen molar-refractivity contribution in [2.45, 2.75) is 70.9 Å². The number of ether oxygens (including phenoxy) is 1. The van der Waals surface area contributed by atoms with E-state index in [-0.39, 0.29) is 29.3 Å². The van der Waals surface area contributed by atoms with E-state index in [4.69, 9.17) is 9.82 Å². The summed E-state index contributed by atoms with van der Waals surface area (Å²) in [5.41, 5.74) is 5.42. The van der Waals surface area contributed by atoms with Gasteiger partial charge in [-0.1, -0.05) is 46.1 Å². The first-order valence-corrected chi connectivity index (χ1v) is 14.7. The van der Waals surface area contributed by atoms with Gasteiger partial charge in [0.15, 0.2) is 15.3 Å². The highest BCUT2D eigenvalue weighted by Gasteiger charge is 2.27. The minimum atomic E-state index is -3.82. The minimum absolute atomic E-state index is 0.0914. The molecule has 1 N–H and O–H groups in total. The van der Waals surface area contributed by atoms with Crippen molar-refractivity contribution in [2.75, 3.05) is 25.1 Å². The molecule has 0 spiro atoms. The van der Waals surface area contributed by atoms with Gasteiger partial charge in [-0.3, -0.25) is 9.78 Å². The number of fused-ring (bicyclic) bond motifs is 1. The van der Waals surface area contributed by atoms with Gasteiger partial charge in [0.25, 0.3) is 0 Å². The van der Waals surface area contributed by atoms with Gasteiger partial charge in [-0.05, 0) is 70.2 Å². The van der Waals surface area contributed by atoms with Crippen molar-refractivity contribution in [3.8, 4) is 0 Å². The Labute approximate surface area is 233 Å². The normalized spacial score (nSPS) is 17.5. The Balaban J connectivity index is 1.70. The number of oxime groups is 1. The monoisotopic (exact) mass is 556 g/mol. The average molecular weight is 557 g/mol. The van der Waals surface area contributed by atoms with Gasteiger partial charge in [-0.2, -0.15) is 0 Å². The number of benzene rings is 1. The second-order valence-electron chi connectivity index (χ2n) is 10.1. The Morgan fingerprint density at radius 2 is 1.97 bits per heavy atom. The molecule has 0 aliphatic carbocycles. The van der Waals surface area contributed by atoms with Crippen LogP contribution in [0, 0.1) is 26.7 Å². The number of carbonyl (C=O) groups is 1. The summed E-state index contributed by atoms with van der Waals surface area (Å²) in [6, 6.07) is 8.11. The molecule has 4 atom stereocenters. The zero-order valence-electron chi connectivity index (χ0n) is 23.7. The smallest absolute Gasteiger partial charge is 0.309 e. The third-order valence-corrected chi connectivity index (χ3v) is 8.26. The van der Waals surface area contributed by atoms with Crippen molar-refractivity contribution in [3.05, 3.63) is 65.0 Å². The molecule has 1 aromatic heterocycles. The van der Waals surface area contributed by atoms with Crippen LogP contribution >= 0.6 is 0 Å². The third-order valence-electron chi connectivity index (χ3n) is 6.79. The predicted octanol–water partition coefficient (Wildman–Crippen LogP) is 4.47. The second-order valence-corrected chi connectivity index (χ2v) is 11.8. The molecule has 2 aromatic rings. The molecule has 0 bridgehead atoms. The van der Waals surface area contributed by atoms with Gasteiger partial charge in [0, 0.05) is 12.2 Å². The van der Waals surface area contributed by atoms with Crippen LogP contribution in [0.2, 0.25) is 0 Å². The highest BCUT2D eigenvalue weighted by Crippen LogP contribution is 2.28. The Hall–Kier alpha value is -3.08. The second kappa shape index (κ2) is 13.8. The molecule has 212 valence electrons. The number of carbonyl (C=O) groups excluding carboxylic acids is 1. The lowest BCUT2D eigenvalue weighted by atomic mass is 10.0. The number of pyridine rings is 1. The molecule has 1 unspecified atom stereocenters. The number of aryl methyl sites for hydroxylation is 4. The van der Waals surface area contributed by atoms with E-state index >= 15 is 0 Å². The lowest BCUT2D eigenvalue weighted by Crippen LogP contribution is -2.43. The van der Waals surface area contributed by atoms with E-state index in [2.05, 4.69) is 32.5 Å². The van der Waals surface area contributed by atoms with Gasteiger partial charge in [-0.25, -0.2) is 0 Å². The zero-order chi connectivity index (χ0) is 28.6. The summed E-state index contributed by atoms with van der Waals surface area (Å²) in [6.07, 6.45) is 6.72. The molecule has 0 radical (unpaired) electrons. The molecule has 3 rings (SSSR count). The maximum Gasteiger partial charge on any atom is 0.309 e. The fraction of sp³-hybridized carbons (Fsp3) is 0.483. The maximum atomic E-state index is 13.1. The number of hydrogen-bond donors (Lipinski definition) is 1. The van der Waals surface area contributed by atoms with Crippen LogP contribution in [0.1, 0.15) is 49.2 Å². The van der Waals surface area contributed by atoms with Crippen LogP contribution in [-0.4, -0.2) is 54.1 Å². The molecule has 9 nitrogen and oxygen atoms in total. The largest absolute Gasteiger partial charge is 0.593 e. The van der Waals surface area contributed by atoms with Crippen LogP contribution in [-0.2, 0) is 35.4 Å². The molecule has 10 heteroatoms. The van der Waals surface area contributed by atoms with Gasteiger partial charge in [0.2, 0.25) is 0 Å². The van der Waals surface area contributed by atoms with Crippen molar-refractivity contribution in [3.63, 3.8) is 0 Å². The molecule has 1 aromatic carbocycles. The number of aromatic nitrogens is 1. The zero-order valence-corrected chi connectivity index (χ0v) is 24.5. The summed E-state index contributed by atoms with van der Waals surface area (Å²) in [4.78, 5) is 24.5. The molecular weight excluding hydrogens is 516 g/mol. The molecule has 0 fully saturated rings. The highest BCUT2D eigenvalue weighted by molar-refractivity contribution is 7.95. The Kier molecular flexibility index (Phi) is 10.8. The van der Waals surface area contributed by atoms with E-state index in [0.717, 1.165) is 47.6 Å². The molecule has 0 saturated carbocycles. The molecule has 0 amide bonds. The first kappa shape index (κ1) is 30.5. The number of nitrogens with one attached hydrogen (secondary N) is 1. The van der Waals surface area contributed by atoms with Crippen LogP contribution in [0.4, 0.5) is 5.69 Å². The SMILES string of the molecule is COC(=O)CC=C[C@@H](C)[C@@H](C=NO[C@H](C)CN1CCCc2nc(C)c(C)cc21)N[S+](=O)([O-])c1ccc(C)cc1. The number of esters is 1. The van der Waals surface area contributed by atoms with Crippen molar-refractivity contribution in [1.82, 2.24) is 9.71 Å². The first-order chi connectivity index (χ1) is 18.5. The first-order valence-electron chi connectivity index (χ1n) is 13.2. The Morgan fingerprint density at radius 3 is 2.67 bits per heavy atom. The summed E-state index contributed by atoms with van der Waals surface area (Å²) < 4.78 is 33.6. The number of methoxy groups -OCH3 is 1. The van der Waals surface area contributed by atoms with E-state index in [9.17, 15) is 13.6 Å². The van der Waals surface area contributed by atoms with Crippen LogP contribution in [0.25, 0.3) is 0 Å². The summed E-state index contributed by atoms with van der Waals surface area (Å²) in [5.74, 6) is -0.690. The van der Waals surface area contributed by atoms with Crippen LogP contribution in [0.15, 0.2) is 52.5 Å². The number of anilines is 1. The van der Waals surface area contributed by atoms with E-state index in [0.29, 0.717) is 6.54 Å². The van der Waals surface area contributed by atoms with Gasteiger partial charge < -0.3 is 19.0 Å². The van der Waals surface area contributed by atoms with Crippen molar-refractivity contribution < 1.29 is 23.1 Å². The quantitative estimate of drug-likeness (QED) is 0.135. The average Bonchev–Trinajstić information content (AvgIpc) is 2.89. The lowest BCUT2D eigenvalue weighted by Gasteiger charge is -2.32.